The molecule has 0 spiro atoms. The van der Waals surface area contributed by atoms with Crippen LogP contribution in [0.25, 0.3) is 0 Å². The van der Waals surface area contributed by atoms with Gasteiger partial charge in [0.05, 0.1) is 13.2 Å². The number of carbonyl (C=O) groups is 1. The maximum atomic E-state index is 11.4. The van der Waals surface area contributed by atoms with E-state index in [1.807, 2.05) is 25.1 Å². The maximum absolute atomic E-state index is 11.4. The molecule has 2 N–H and O–H groups in total. The molecule has 0 aliphatic heterocycles. The van der Waals surface area contributed by atoms with Crippen molar-refractivity contribution >= 4 is 5.91 Å². The number of rotatable bonds is 8. The van der Waals surface area contributed by atoms with Crippen LogP contribution in [0.3, 0.4) is 0 Å². The van der Waals surface area contributed by atoms with Crippen LogP contribution in [0, 0.1) is 11.3 Å². The number of nitrogens with one attached hydrogen (secondary N) is 2. The van der Waals surface area contributed by atoms with Crippen LogP contribution in [0.1, 0.15) is 12.5 Å². The van der Waals surface area contributed by atoms with Gasteiger partial charge >= 0.3 is 0 Å². The molecule has 6 nitrogen and oxygen atoms in total. The average molecular weight is 277 g/mol. The van der Waals surface area contributed by atoms with E-state index in [1.54, 1.807) is 13.2 Å². The van der Waals surface area contributed by atoms with Crippen LogP contribution in [0.4, 0.5) is 0 Å². The van der Waals surface area contributed by atoms with E-state index in [2.05, 4.69) is 10.6 Å². The summed E-state index contributed by atoms with van der Waals surface area (Å²) in [5.74, 6) is 0.735. The van der Waals surface area contributed by atoms with Crippen molar-refractivity contribution in [3.63, 3.8) is 0 Å². The molecule has 0 aromatic heterocycles. The average Bonchev–Trinajstić information content (AvgIpc) is 2.48. The van der Waals surface area contributed by atoms with Crippen LogP contribution in [0.15, 0.2) is 18.2 Å². The summed E-state index contributed by atoms with van der Waals surface area (Å²) < 4.78 is 10.6. The second kappa shape index (κ2) is 8.77. The lowest BCUT2D eigenvalue weighted by Crippen LogP contribution is -2.29. The molecule has 20 heavy (non-hydrogen) atoms. The molecule has 0 atom stereocenters. The summed E-state index contributed by atoms with van der Waals surface area (Å²) in [6, 6.07) is 7.40. The van der Waals surface area contributed by atoms with Crippen LogP contribution in [-0.2, 0) is 11.3 Å². The first-order valence-corrected chi connectivity index (χ1v) is 6.35. The molecule has 0 fully saturated rings. The molecule has 0 aliphatic rings. The zero-order valence-electron chi connectivity index (χ0n) is 11.7. The Kier molecular flexibility index (Phi) is 6.93. The lowest BCUT2D eigenvalue weighted by Gasteiger charge is -2.12. The largest absolute Gasteiger partial charge is 0.493 e. The number of benzene rings is 1. The number of nitriles is 1. The second-order valence-electron chi connectivity index (χ2n) is 3.99. The molecule has 0 aliphatic carbocycles. The van der Waals surface area contributed by atoms with Gasteiger partial charge in [0.15, 0.2) is 18.1 Å². The number of ether oxygens (including phenoxy) is 2. The Balaban J connectivity index is 2.66. The standard InChI is InChI=1S/C14H19N3O3/c1-3-16-9-11-4-5-12(19-2)13(8-11)20-10-14(18)17-7-6-15/h4-5,8,16H,3,7,9-10H2,1-2H3,(H,17,18). The van der Waals surface area contributed by atoms with Gasteiger partial charge in [0.2, 0.25) is 0 Å². The predicted molar refractivity (Wildman–Crippen MR) is 74.5 cm³/mol. The van der Waals surface area contributed by atoms with Gasteiger partial charge in [-0.15, -0.1) is 0 Å². The third-order valence-corrected chi connectivity index (χ3v) is 2.53. The molecule has 1 rings (SSSR count). The SMILES string of the molecule is CCNCc1ccc(OC)c(OCC(=O)NCC#N)c1. The first kappa shape index (κ1) is 15.8. The van der Waals surface area contributed by atoms with Crippen molar-refractivity contribution in [2.24, 2.45) is 0 Å². The van der Waals surface area contributed by atoms with E-state index < -0.39 is 0 Å². The summed E-state index contributed by atoms with van der Waals surface area (Å²) in [5.41, 5.74) is 1.04. The molecule has 0 saturated heterocycles. The molecule has 1 aromatic carbocycles. The van der Waals surface area contributed by atoms with Crippen molar-refractivity contribution in [1.29, 1.82) is 5.26 Å². The lowest BCUT2D eigenvalue weighted by atomic mass is 10.2. The van der Waals surface area contributed by atoms with Gasteiger partial charge in [-0.1, -0.05) is 13.0 Å². The Morgan fingerprint density at radius 3 is 2.85 bits per heavy atom. The Hall–Kier alpha value is -2.26. The molecule has 0 heterocycles. The van der Waals surface area contributed by atoms with E-state index in [4.69, 9.17) is 14.7 Å². The zero-order chi connectivity index (χ0) is 14.8. The highest BCUT2D eigenvalue weighted by molar-refractivity contribution is 5.77. The minimum absolute atomic E-state index is 0.0280. The molecular formula is C14H19N3O3. The molecule has 6 heteroatoms. The summed E-state index contributed by atoms with van der Waals surface area (Å²) in [5, 5.41) is 14.0. The monoisotopic (exact) mass is 277 g/mol. The van der Waals surface area contributed by atoms with E-state index in [-0.39, 0.29) is 19.1 Å². The smallest absolute Gasteiger partial charge is 0.258 e. The fourth-order valence-electron chi connectivity index (χ4n) is 1.55. The number of hydrogen-bond acceptors (Lipinski definition) is 5. The van der Waals surface area contributed by atoms with Crippen LogP contribution in [-0.4, -0.2) is 32.7 Å². The van der Waals surface area contributed by atoms with E-state index in [1.165, 1.54) is 0 Å². The minimum Gasteiger partial charge on any atom is -0.493 e. The van der Waals surface area contributed by atoms with Gasteiger partial charge in [0.25, 0.3) is 5.91 Å². The van der Waals surface area contributed by atoms with Crippen molar-refractivity contribution in [1.82, 2.24) is 10.6 Å². The Morgan fingerprint density at radius 1 is 1.40 bits per heavy atom. The second-order valence-corrected chi connectivity index (χ2v) is 3.99. The fraction of sp³-hybridized carbons (Fsp3) is 0.429. The number of carbonyl (C=O) groups excluding carboxylic acids is 1. The van der Waals surface area contributed by atoms with Crippen molar-refractivity contribution in [2.75, 3.05) is 26.8 Å². The number of methoxy groups -OCH3 is 1. The van der Waals surface area contributed by atoms with Crippen LogP contribution in [0.2, 0.25) is 0 Å². The lowest BCUT2D eigenvalue weighted by molar-refractivity contribution is -0.122. The van der Waals surface area contributed by atoms with Gasteiger partial charge in [0.1, 0.15) is 6.54 Å². The van der Waals surface area contributed by atoms with Gasteiger partial charge in [-0.25, -0.2) is 0 Å². The highest BCUT2D eigenvalue weighted by atomic mass is 16.5. The van der Waals surface area contributed by atoms with Crippen LogP contribution >= 0.6 is 0 Å². The molecule has 0 unspecified atom stereocenters. The normalized spacial score (nSPS) is 9.65. The Labute approximate surface area is 118 Å². The molecule has 1 amide bonds. The first-order valence-electron chi connectivity index (χ1n) is 6.35. The number of amides is 1. The summed E-state index contributed by atoms with van der Waals surface area (Å²) in [7, 11) is 1.54. The Morgan fingerprint density at radius 2 is 2.20 bits per heavy atom. The van der Waals surface area contributed by atoms with Crippen LogP contribution < -0.4 is 20.1 Å². The van der Waals surface area contributed by atoms with Crippen molar-refractivity contribution < 1.29 is 14.3 Å². The zero-order valence-corrected chi connectivity index (χ0v) is 11.7. The highest BCUT2D eigenvalue weighted by Gasteiger charge is 2.08. The minimum atomic E-state index is -0.342. The third-order valence-electron chi connectivity index (χ3n) is 2.53. The van der Waals surface area contributed by atoms with E-state index in [9.17, 15) is 4.79 Å². The maximum Gasteiger partial charge on any atom is 0.258 e. The van der Waals surface area contributed by atoms with Gasteiger partial charge < -0.3 is 20.1 Å². The molecule has 1 aromatic rings. The summed E-state index contributed by atoms with van der Waals surface area (Å²) in [4.78, 5) is 11.4. The van der Waals surface area contributed by atoms with Crippen LogP contribution in [0.5, 0.6) is 11.5 Å². The first-order chi connectivity index (χ1) is 9.71. The fourth-order valence-corrected chi connectivity index (χ4v) is 1.55. The van der Waals surface area contributed by atoms with Gasteiger partial charge in [-0.3, -0.25) is 4.79 Å². The molecule has 108 valence electrons. The van der Waals surface area contributed by atoms with E-state index in [0.717, 1.165) is 18.7 Å². The third kappa shape index (κ3) is 5.16. The molecule has 0 bridgehead atoms. The Bertz CT molecular complexity index is 483. The number of nitrogens with zero attached hydrogens (tertiary/aromatic N) is 1. The van der Waals surface area contributed by atoms with E-state index >= 15 is 0 Å². The predicted octanol–water partition coefficient (Wildman–Crippen LogP) is 0.823. The van der Waals surface area contributed by atoms with E-state index in [0.29, 0.717) is 11.5 Å². The van der Waals surface area contributed by atoms with Gasteiger partial charge in [-0.05, 0) is 24.2 Å². The topological polar surface area (TPSA) is 83.4 Å². The van der Waals surface area contributed by atoms with Crippen molar-refractivity contribution in [3.8, 4) is 17.6 Å². The molecule has 0 saturated carbocycles. The summed E-state index contributed by atoms with van der Waals surface area (Å²) >= 11 is 0. The highest BCUT2D eigenvalue weighted by Crippen LogP contribution is 2.27. The molecular weight excluding hydrogens is 258 g/mol. The van der Waals surface area contributed by atoms with Gasteiger partial charge in [-0.2, -0.15) is 5.26 Å². The number of hydrogen-bond donors (Lipinski definition) is 2. The summed E-state index contributed by atoms with van der Waals surface area (Å²) in [6.45, 7) is 3.44. The van der Waals surface area contributed by atoms with Crippen molar-refractivity contribution in [3.05, 3.63) is 23.8 Å². The quantitative estimate of drug-likeness (QED) is 0.687. The van der Waals surface area contributed by atoms with Gasteiger partial charge in [0, 0.05) is 6.54 Å². The summed E-state index contributed by atoms with van der Waals surface area (Å²) in [6.07, 6.45) is 0. The molecule has 0 radical (unpaired) electrons. The van der Waals surface area contributed by atoms with Crippen molar-refractivity contribution in [2.45, 2.75) is 13.5 Å².